The van der Waals surface area contributed by atoms with E-state index in [9.17, 15) is 4.79 Å². The second-order valence-corrected chi connectivity index (χ2v) is 6.14. The largest absolute Gasteiger partial charge is 0.372 e. The minimum absolute atomic E-state index is 0.0323. The lowest BCUT2D eigenvalue weighted by atomic mass is 10.0. The number of halogens is 1. The van der Waals surface area contributed by atoms with Crippen LogP contribution in [0.15, 0.2) is 46.9 Å². The van der Waals surface area contributed by atoms with E-state index in [-0.39, 0.29) is 11.9 Å². The summed E-state index contributed by atoms with van der Waals surface area (Å²) in [5, 5.41) is 3.03. The van der Waals surface area contributed by atoms with Crippen molar-refractivity contribution >= 4 is 21.8 Å². The SMILES string of the molecule is CC(NC(=O)c1ccc2c(c1)COC2)c1ccc(Br)cc1. The third kappa shape index (κ3) is 3.17. The monoisotopic (exact) mass is 345 g/mol. The highest BCUT2D eigenvalue weighted by Gasteiger charge is 2.16. The van der Waals surface area contributed by atoms with Crippen molar-refractivity contribution in [2.45, 2.75) is 26.2 Å². The quantitative estimate of drug-likeness (QED) is 0.913. The molecule has 1 heterocycles. The van der Waals surface area contributed by atoms with E-state index in [1.54, 1.807) is 0 Å². The summed E-state index contributed by atoms with van der Waals surface area (Å²) in [6, 6.07) is 13.7. The van der Waals surface area contributed by atoms with Crippen LogP contribution in [-0.2, 0) is 18.0 Å². The van der Waals surface area contributed by atoms with Gasteiger partial charge in [0, 0.05) is 10.0 Å². The van der Waals surface area contributed by atoms with Crippen LogP contribution in [0.1, 0.15) is 40.0 Å². The van der Waals surface area contributed by atoms with Crippen LogP contribution in [0.5, 0.6) is 0 Å². The van der Waals surface area contributed by atoms with Crippen molar-refractivity contribution in [2.75, 3.05) is 0 Å². The average Bonchev–Trinajstić information content (AvgIpc) is 2.95. The second kappa shape index (κ2) is 6.00. The molecule has 1 N–H and O–H groups in total. The van der Waals surface area contributed by atoms with Crippen molar-refractivity contribution in [1.82, 2.24) is 5.32 Å². The Morgan fingerprint density at radius 1 is 1.14 bits per heavy atom. The van der Waals surface area contributed by atoms with Crippen LogP contribution < -0.4 is 5.32 Å². The van der Waals surface area contributed by atoms with Crippen molar-refractivity contribution in [3.05, 3.63) is 69.2 Å². The molecule has 0 aromatic heterocycles. The van der Waals surface area contributed by atoms with E-state index in [0.717, 1.165) is 15.6 Å². The molecule has 0 bridgehead atoms. The summed E-state index contributed by atoms with van der Waals surface area (Å²) in [5.74, 6) is -0.0554. The zero-order valence-corrected chi connectivity index (χ0v) is 13.3. The molecule has 0 saturated heterocycles. The van der Waals surface area contributed by atoms with Gasteiger partial charge in [0.1, 0.15) is 0 Å². The van der Waals surface area contributed by atoms with Crippen LogP contribution in [0.3, 0.4) is 0 Å². The molecule has 0 aliphatic carbocycles. The molecule has 2 aromatic rings. The number of ether oxygens (including phenoxy) is 1. The van der Waals surface area contributed by atoms with Gasteiger partial charge in [-0.3, -0.25) is 4.79 Å². The highest BCUT2D eigenvalue weighted by atomic mass is 79.9. The average molecular weight is 346 g/mol. The molecular formula is C17H16BrNO2. The summed E-state index contributed by atoms with van der Waals surface area (Å²) < 4.78 is 6.41. The first-order valence-corrected chi connectivity index (χ1v) is 7.68. The zero-order chi connectivity index (χ0) is 14.8. The first kappa shape index (κ1) is 14.3. The number of carbonyl (C=O) groups is 1. The Morgan fingerprint density at radius 2 is 1.86 bits per heavy atom. The van der Waals surface area contributed by atoms with E-state index in [2.05, 4.69) is 21.2 Å². The molecule has 0 spiro atoms. The van der Waals surface area contributed by atoms with Crippen molar-refractivity contribution in [1.29, 1.82) is 0 Å². The van der Waals surface area contributed by atoms with Gasteiger partial charge in [-0.15, -0.1) is 0 Å². The summed E-state index contributed by atoms with van der Waals surface area (Å²) in [4.78, 5) is 12.3. The van der Waals surface area contributed by atoms with Crippen LogP contribution in [-0.4, -0.2) is 5.91 Å². The Balaban J connectivity index is 1.72. The van der Waals surface area contributed by atoms with Crippen LogP contribution in [0.4, 0.5) is 0 Å². The van der Waals surface area contributed by atoms with E-state index in [1.807, 2.05) is 49.4 Å². The van der Waals surface area contributed by atoms with Crippen molar-refractivity contribution in [2.24, 2.45) is 0 Å². The fourth-order valence-electron chi connectivity index (χ4n) is 2.43. The lowest BCUT2D eigenvalue weighted by Crippen LogP contribution is -2.26. The van der Waals surface area contributed by atoms with Crippen LogP contribution in [0.25, 0.3) is 0 Å². The molecule has 1 unspecified atom stereocenters. The lowest BCUT2D eigenvalue weighted by molar-refractivity contribution is 0.0939. The minimum Gasteiger partial charge on any atom is -0.372 e. The third-order valence-corrected chi connectivity index (χ3v) is 4.23. The molecule has 1 atom stereocenters. The second-order valence-electron chi connectivity index (χ2n) is 5.22. The molecule has 108 valence electrons. The van der Waals surface area contributed by atoms with Gasteiger partial charge in [0.05, 0.1) is 19.3 Å². The van der Waals surface area contributed by atoms with Gasteiger partial charge in [0.2, 0.25) is 0 Å². The maximum atomic E-state index is 12.3. The molecule has 3 rings (SSSR count). The third-order valence-electron chi connectivity index (χ3n) is 3.70. The number of hydrogen-bond donors (Lipinski definition) is 1. The first-order chi connectivity index (χ1) is 10.1. The van der Waals surface area contributed by atoms with Crippen LogP contribution in [0, 0.1) is 0 Å². The number of rotatable bonds is 3. The minimum atomic E-state index is -0.0554. The number of fused-ring (bicyclic) bond motifs is 1. The predicted octanol–water partition coefficient (Wildman–Crippen LogP) is 3.97. The first-order valence-electron chi connectivity index (χ1n) is 6.89. The Labute approximate surface area is 132 Å². The Kier molecular flexibility index (Phi) is 4.08. The predicted molar refractivity (Wildman–Crippen MR) is 85.0 cm³/mol. The van der Waals surface area contributed by atoms with Crippen LogP contribution in [0.2, 0.25) is 0 Å². The van der Waals surface area contributed by atoms with Crippen molar-refractivity contribution < 1.29 is 9.53 Å². The van der Waals surface area contributed by atoms with Gasteiger partial charge in [-0.25, -0.2) is 0 Å². The fourth-order valence-corrected chi connectivity index (χ4v) is 2.69. The molecule has 4 heteroatoms. The lowest BCUT2D eigenvalue weighted by Gasteiger charge is -2.15. The van der Waals surface area contributed by atoms with E-state index in [1.165, 1.54) is 5.56 Å². The van der Waals surface area contributed by atoms with E-state index in [4.69, 9.17) is 4.74 Å². The normalized spacial score (nSPS) is 14.6. The summed E-state index contributed by atoms with van der Waals surface area (Å²) in [6.45, 7) is 3.23. The highest BCUT2D eigenvalue weighted by molar-refractivity contribution is 9.10. The molecule has 1 amide bonds. The molecule has 1 aliphatic heterocycles. The molecule has 21 heavy (non-hydrogen) atoms. The maximum Gasteiger partial charge on any atom is 0.251 e. The van der Waals surface area contributed by atoms with Gasteiger partial charge < -0.3 is 10.1 Å². The number of amides is 1. The Morgan fingerprint density at radius 3 is 2.62 bits per heavy atom. The summed E-state index contributed by atoms with van der Waals surface area (Å²) in [5.41, 5.74) is 4.05. The van der Waals surface area contributed by atoms with Crippen molar-refractivity contribution in [3.8, 4) is 0 Å². The number of nitrogens with one attached hydrogen (secondary N) is 1. The van der Waals surface area contributed by atoms with Gasteiger partial charge in [-0.05, 0) is 47.9 Å². The topological polar surface area (TPSA) is 38.3 Å². The van der Waals surface area contributed by atoms with Gasteiger partial charge in [-0.2, -0.15) is 0 Å². The molecule has 2 aromatic carbocycles. The van der Waals surface area contributed by atoms with Gasteiger partial charge in [0.15, 0.2) is 0 Å². The van der Waals surface area contributed by atoms with Crippen LogP contribution >= 0.6 is 15.9 Å². The molecule has 0 fully saturated rings. The number of carbonyl (C=O) groups excluding carboxylic acids is 1. The Hall–Kier alpha value is -1.65. The van der Waals surface area contributed by atoms with E-state index < -0.39 is 0 Å². The standard InChI is InChI=1S/C17H16BrNO2/c1-11(12-4-6-16(18)7-5-12)19-17(20)13-2-3-14-9-21-10-15(14)8-13/h2-8,11H,9-10H2,1H3,(H,19,20). The van der Waals surface area contributed by atoms with Gasteiger partial charge in [-0.1, -0.05) is 34.1 Å². The van der Waals surface area contributed by atoms with Gasteiger partial charge >= 0.3 is 0 Å². The molecule has 0 radical (unpaired) electrons. The van der Waals surface area contributed by atoms with Crippen molar-refractivity contribution in [3.63, 3.8) is 0 Å². The van der Waals surface area contributed by atoms with E-state index >= 15 is 0 Å². The highest BCUT2D eigenvalue weighted by Crippen LogP contribution is 2.22. The number of hydrogen-bond acceptors (Lipinski definition) is 2. The smallest absolute Gasteiger partial charge is 0.251 e. The summed E-state index contributed by atoms with van der Waals surface area (Å²) >= 11 is 3.41. The molecular weight excluding hydrogens is 330 g/mol. The number of benzene rings is 2. The van der Waals surface area contributed by atoms with E-state index in [0.29, 0.717) is 18.8 Å². The summed E-state index contributed by atoms with van der Waals surface area (Å²) in [7, 11) is 0. The summed E-state index contributed by atoms with van der Waals surface area (Å²) in [6.07, 6.45) is 0. The molecule has 3 nitrogen and oxygen atoms in total. The van der Waals surface area contributed by atoms with Gasteiger partial charge in [0.25, 0.3) is 5.91 Å². The zero-order valence-electron chi connectivity index (χ0n) is 11.7. The molecule has 1 aliphatic rings. The Bertz CT molecular complexity index is 667. The maximum absolute atomic E-state index is 12.3. The fraction of sp³-hybridized carbons (Fsp3) is 0.235. The molecule has 0 saturated carbocycles.